The minimum Gasteiger partial charge on any atom is -0.478 e. The molecule has 0 radical (unpaired) electrons. The number of nitrogens with one attached hydrogen (secondary N) is 1. The van der Waals surface area contributed by atoms with Crippen LogP contribution in [0.1, 0.15) is 30.1 Å². The van der Waals surface area contributed by atoms with Crippen LogP contribution >= 0.6 is 0 Å². The molecule has 1 rings (SSSR count). The molecular formula is C16H19N3O3. The number of anilines is 1. The van der Waals surface area contributed by atoms with Crippen LogP contribution < -0.4 is 5.32 Å². The van der Waals surface area contributed by atoms with Crippen LogP contribution in [-0.4, -0.2) is 35.5 Å². The van der Waals surface area contributed by atoms with Gasteiger partial charge in [-0.3, -0.25) is 4.79 Å². The number of aromatic carboxylic acids is 1. The van der Waals surface area contributed by atoms with Crippen molar-refractivity contribution in [1.29, 1.82) is 5.26 Å². The number of nitriles is 1. The minimum absolute atomic E-state index is 0.0284. The van der Waals surface area contributed by atoms with Crippen molar-refractivity contribution < 1.29 is 14.7 Å². The second-order valence-corrected chi connectivity index (χ2v) is 4.83. The van der Waals surface area contributed by atoms with E-state index in [0.717, 1.165) is 19.4 Å². The lowest BCUT2D eigenvalue weighted by Gasteiger charge is -2.14. The lowest BCUT2D eigenvalue weighted by molar-refractivity contribution is -0.112. The summed E-state index contributed by atoms with van der Waals surface area (Å²) in [4.78, 5) is 24.7. The Labute approximate surface area is 129 Å². The van der Waals surface area contributed by atoms with Gasteiger partial charge in [0.25, 0.3) is 5.91 Å². The van der Waals surface area contributed by atoms with E-state index in [9.17, 15) is 9.59 Å². The van der Waals surface area contributed by atoms with Crippen LogP contribution in [0.2, 0.25) is 0 Å². The van der Waals surface area contributed by atoms with E-state index in [4.69, 9.17) is 10.4 Å². The van der Waals surface area contributed by atoms with Gasteiger partial charge in [-0.25, -0.2) is 4.79 Å². The third-order valence-electron chi connectivity index (χ3n) is 2.95. The third-order valence-corrected chi connectivity index (χ3v) is 2.95. The maximum Gasteiger partial charge on any atom is 0.335 e. The fourth-order valence-corrected chi connectivity index (χ4v) is 1.76. The molecule has 0 aromatic heterocycles. The number of carboxylic acids is 1. The lowest BCUT2D eigenvalue weighted by atomic mass is 10.2. The van der Waals surface area contributed by atoms with Crippen LogP contribution in [0.4, 0.5) is 5.69 Å². The Hall–Kier alpha value is -2.81. The highest BCUT2D eigenvalue weighted by atomic mass is 16.4. The van der Waals surface area contributed by atoms with E-state index in [1.54, 1.807) is 18.0 Å². The molecule has 0 bridgehead atoms. The number of benzene rings is 1. The van der Waals surface area contributed by atoms with Gasteiger partial charge in [-0.05, 0) is 24.6 Å². The first-order valence-electron chi connectivity index (χ1n) is 6.94. The van der Waals surface area contributed by atoms with Gasteiger partial charge in [0.1, 0.15) is 11.6 Å². The van der Waals surface area contributed by atoms with E-state index in [0.29, 0.717) is 5.69 Å². The van der Waals surface area contributed by atoms with Crippen LogP contribution in [0.3, 0.4) is 0 Å². The minimum atomic E-state index is -1.08. The maximum atomic E-state index is 12.1. The predicted molar refractivity (Wildman–Crippen MR) is 83.3 cm³/mol. The van der Waals surface area contributed by atoms with Crippen molar-refractivity contribution in [3.63, 3.8) is 0 Å². The molecule has 0 aliphatic rings. The first-order chi connectivity index (χ1) is 10.5. The number of carbonyl (C=O) groups excluding carboxylic acids is 1. The van der Waals surface area contributed by atoms with Gasteiger partial charge in [-0.1, -0.05) is 19.4 Å². The highest BCUT2D eigenvalue weighted by Gasteiger charge is 2.11. The van der Waals surface area contributed by atoms with Crippen molar-refractivity contribution in [2.45, 2.75) is 19.8 Å². The van der Waals surface area contributed by atoms with Crippen molar-refractivity contribution in [2.24, 2.45) is 0 Å². The van der Waals surface area contributed by atoms with Crippen LogP contribution in [0.25, 0.3) is 0 Å². The van der Waals surface area contributed by atoms with Crippen LogP contribution in [0.15, 0.2) is 36.0 Å². The second kappa shape index (κ2) is 8.47. The van der Waals surface area contributed by atoms with E-state index >= 15 is 0 Å². The molecule has 22 heavy (non-hydrogen) atoms. The molecule has 0 aliphatic carbocycles. The summed E-state index contributed by atoms with van der Waals surface area (Å²) in [5, 5.41) is 20.5. The molecule has 0 unspecified atom stereocenters. The number of unbranched alkanes of at least 4 members (excludes halogenated alkanes) is 1. The Bertz CT molecular complexity index is 617. The van der Waals surface area contributed by atoms with Gasteiger partial charge in [-0.15, -0.1) is 0 Å². The van der Waals surface area contributed by atoms with Crippen LogP contribution in [-0.2, 0) is 4.79 Å². The summed E-state index contributed by atoms with van der Waals surface area (Å²) >= 11 is 0. The number of amides is 1. The Kier molecular flexibility index (Phi) is 6.64. The van der Waals surface area contributed by atoms with Crippen molar-refractivity contribution in [1.82, 2.24) is 4.90 Å². The van der Waals surface area contributed by atoms with Gasteiger partial charge in [0.05, 0.1) is 5.56 Å². The molecule has 2 N–H and O–H groups in total. The molecule has 0 saturated heterocycles. The van der Waals surface area contributed by atoms with E-state index in [1.807, 2.05) is 6.07 Å². The summed E-state index contributed by atoms with van der Waals surface area (Å²) in [5.74, 6) is -1.64. The largest absolute Gasteiger partial charge is 0.478 e. The molecule has 116 valence electrons. The molecule has 0 fully saturated rings. The molecule has 0 atom stereocenters. The highest BCUT2D eigenvalue weighted by molar-refractivity contribution is 6.06. The zero-order chi connectivity index (χ0) is 16.5. The van der Waals surface area contributed by atoms with Crippen LogP contribution in [0, 0.1) is 11.3 Å². The number of nitrogens with zero attached hydrogens (tertiary/aromatic N) is 2. The Balaban J connectivity index is 2.81. The van der Waals surface area contributed by atoms with Crippen molar-refractivity contribution >= 4 is 17.6 Å². The molecular weight excluding hydrogens is 282 g/mol. The molecule has 0 heterocycles. The molecule has 1 amide bonds. The van der Waals surface area contributed by atoms with Gasteiger partial charge >= 0.3 is 5.97 Å². The van der Waals surface area contributed by atoms with Gasteiger partial charge in [0.15, 0.2) is 0 Å². The number of carbonyl (C=O) groups is 2. The molecule has 6 heteroatoms. The normalized spacial score (nSPS) is 10.7. The number of rotatable bonds is 7. The summed E-state index contributed by atoms with van der Waals surface area (Å²) in [6.45, 7) is 2.81. The SMILES string of the molecule is CCCCN(C)/C=C(/C#N)C(=O)Nc1cccc(C(=O)O)c1. The lowest BCUT2D eigenvalue weighted by Crippen LogP contribution is -2.19. The van der Waals surface area contributed by atoms with Gasteiger partial charge in [-0.2, -0.15) is 5.26 Å². The fourth-order valence-electron chi connectivity index (χ4n) is 1.76. The topological polar surface area (TPSA) is 93.4 Å². The standard InChI is InChI=1S/C16H19N3O3/c1-3-4-8-19(2)11-13(10-17)15(20)18-14-7-5-6-12(9-14)16(21)22/h5-7,9,11H,3-4,8H2,1-2H3,(H,18,20)(H,21,22)/b13-11-. The van der Waals surface area contributed by atoms with Gasteiger partial charge < -0.3 is 15.3 Å². The molecule has 6 nitrogen and oxygen atoms in total. The highest BCUT2D eigenvalue weighted by Crippen LogP contribution is 2.12. The quantitative estimate of drug-likeness (QED) is 0.596. The molecule has 1 aromatic rings. The summed E-state index contributed by atoms with van der Waals surface area (Å²) in [5.41, 5.74) is 0.377. The van der Waals surface area contributed by atoms with Crippen molar-refractivity contribution in [3.8, 4) is 6.07 Å². The molecule has 0 spiro atoms. The summed E-state index contributed by atoms with van der Waals surface area (Å²) in [6, 6.07) is 7.73. The van der Waals surface area contributed by atoms with Crippen LogP contribution in [0.5, 0.6) is 0 Å². The first-order valence-corrected chi connectivity index (χ1v) is 6.94. The molecule has 0 saturated carbocycles. The summed E-state index contributed by atoms with van der Waals surface area (Å²) in [7, 11) is 1.80. The zero-order valence-electron chi connectivity index (χ0n) is 12.7. The number of carboxylic acid groups (broad SMARTS) is 1. The van der Waals surface area contributed by atoms with Gasteiger partial charge in [0.2, 0.25) is 0 Å². The second-order valence-electron chi connectivity index (χ2n) is 4.83. The van der Waals surface area contributed by atoms with Crippen molar-refractivity contribution in [3.05, 3.63) is 41.6 Å². The maximum absolute atomic E-state index is 12.1. The Morgan fingerprint density at radius 1 is 1.45 bits per heavy atom. The fraction of sp³-hybridized carbons (Fsp3) is 0.312. The van der Waals surface area contributed by atoms with Gasteiger partial charge in [0, 0.05) is 25.5 Å². The first kappa shape index (κ1) is 17.2. The van der Waals surface area contributed by atoms with Crippen molar-refractivity contribution in [2.75, 3.05) is 18.9 Å². The summed E-state index contributed by atoms with van der Waals surface area (Å²) < 4.78 is 0. The Morgan fingerprint density at radius 3 is 2.77 bits per heavy atom. The van der Waals surface area contributed by atoms with E-state index < -0.39 is 11.9 Å². The smallest absolute Gasteiger partial charge is 0.335 e. The van der Waals surface area contributed by atoms with E-state index in [-0.39, 0.29) is 11.1 Å². The number of hydrogen-bond donors (Lipinski definition) is 2. The monoisotopic (exact) mass is 301 g/mol. The molecule has 1 aromatic carbocycles. The zero-order valence-corrected chi connectivity index (χ0v) is 12.7. The molecule has 0 aliphatic heterocycles. The number of hydrogen-bond acceptors (Lipinski definition) is 4. The predicted octanol–water partition coefficient (Wildman–Crippen LogP) is 2.46. The van der Waals surface area contributed by atoms with E-state index in [1.165, 1.54) is 24.4 Å². The summed E-state index contributed by atoms with van der Waals surface area (Å²) in [6.07, 6.45) is 3.48. The average Bonchev–Trinajstić information content (AvgIpc) is 2.50. The van der Waals surface area contributed by atoms with E-state index in [2.05, 4.69) is 12.2 Å². The average molecular weight is 301 g/mol. The third kappa shape index (κ3) is 5.29. The Morgan fingerprint density at radius 2 is 2.18 bits per heavy atom.